The Balaban J connectivity index is 1.58. The van der Waals surface area contributed by atoms with Gasteiger partial charge < -0.3 is 15.5 Å². The van der Waals surface area contributed by atoms with Gasteiger partial charge in [-0.3, -0.25) is 9.36 Å². The number of hydrogen-bond acceptors (Lipinski definition) is 4. The Labute approximate surface area is 166 Å². The highest BCUT2D eigenvalue weighted by Crippen LogP contribution is 2.13. The third-order valence-corrected chi connectivity index (χ3v) is 4.68. The van der Waals surface area contributed by atoms with Gasteiger partial charge in [-0.1, -0.05) is 19.9 Å². The molecule has 8 heteroatoms. The number of amides is 1. The normalized spacial score (nSPS) is 17.2. The minimum Gasteiger partial charge on any atom is -0.357 e. The van der Waals surface area contributed by atoms with Gasteiger partial charge in [0.1, 0.15) is 12.1 Å². The molecule has 3 rings (SSSR count). The van der Waals surface area contributed by atoms with Crippen molar-refractivity contribution in [2.45, 2.75) is 39.8 Å². The van der Waals surface area contributed by atoms with Crippen molar-refractivity contribution in [2.24, 2.45) is 10.9 Å². The van der Waals surface area contributed by atoms with Gasteiger partial charge in [-0.15, -0.1) is 0 Å². The maximum absolute atomic E-state index is 12.2. The van der Waals surface area contributed by atoms with Crippen LogP contribution in [0.15, 0.2) is 42.0 Å². The molecule has 8 nitrogen and oxygen atoms in total. The summed E-state index contributed by atoms with van der Waals surface area (Å²) >= 11 is 0. The van der Waals surface area contributed by atoms with Crippen molar-refractivity contribution >= 4 is 11.9 Å². The van der Waals surface area contributed by atoms with Gasteiger partial charge in [0.05, 0.1) is 6.54 Å². The highest BCUT2D eigenvalue weighted by Gasteiger charge is 2.27. The number of guanidine groups is 1. The number of aliphatic imine (C=N–C) groups is 1. The average molecular weight is 384 g/mol. The summed E-state index contributed by atoms with van der Waals surface area (Å²) in [5.41, 5.74) is 1.03. The summed E-state index contributed by atoms with van der Waals surface area (Å²) < 4.78 is 1.86. The van der Waals surface area contributed by atoms with Gasteiger partial charge >= 0.3 is 0 Å². The average Bonchev–Trinajstić information content (AvgIpc) is 3.38. The Bertz CT molecular complexity index is 783. The summed E-state index contributed by atoms with van der Waals surface area (Å²) in [6.07, 6.45) is 8.09. The number of rotatable bonds is 6. The molecule has 150 valence electrons. The van der Waals surface area contributed by atoms with E-state index in [1.807, 2.05) is 54.8 Å². The number of carbonyl (C=O) groups is 1. The Kier molecular flexibility index (Phi) is 6.62. The van der Waals surface area contributed by atoms with Crippen LogP contribution in [0.2, 0.25) is 0 Å². The van der Waals surface area contributed by atoms with E-state index in [0.717, 1.165) is 43.4 Å². The smallest absolute Gasteiger partial charge is 0.225 e. The number of aromatic nitrogens is 3. The summed E-state index contributed by atoms with van der Waals surface area (Å²) in [7, 11) is 0. The summed E-state index contributed by atoms with van der Waals surface area (Å²) in [6.45, 7) is 8.78. The van der Waals surface area contributed by atoms with Crippen LogP contribution >= 0.6 is 0 Å². The molecular weight excluding hydrogens is 354 g/mol. The lowest BCUT2D eigenvalue weighted by Crippen LogP contribution is -2.45. The number of imidazole rings is 1. The fraction of sp³-hybridized carbons (Fsp3) is 0.500. The number of likely N-dealkylation sites (tertiary alicyclic amines) is 1. The molecule has 0 spiro atoms. The molecule has 1 atom stereocenters. The minimum absolute atomic E-state index is 0.0402. The predicted molar refractivity (Wildman–Crippen MR) is 109 cm³/mol. The van der Waals surface area contributed by atoms with Gasteiger partial charge in [0, 0.05) is 50.2 Å². The molecule has 28 heavy (non-hydrogen) atoms. The van der Waals surface area contributed by atoms with Gasteiger partial charge in [-0.25, -0.2) is 15.0 Å². The highest BCUT2D eigenvalue weighted by atomic mass is 16.2. The maximum Gasteiger partial charge on any atom is 0.225 e. The van der Waals surface area contributed by atoms with Crippen molar-refractivity contribution in [3.05, 3.63) is 42.6 Å². The summed E-state index contributed by atoms with van der Waals surface area (Å²) in [5.74, 6) is 1.86. The number of nitrogens with one attached hydrogen (secondary N) is 2. The molecule has 2 aromatic rings. The first-order valence-electron chi connectivity index (χ1n) is 9.83. The molecule has 1 aliphatic heterocycles. The fourth-order valence-corrected chi connectivity index (χ4v) is 3.18. The molecular formula is C20H29N7O. The van der Waals surface area contributed by atoms with Crippen LogP contribution < -0.4 is 10.6 Å². The lowest BCUT2D eigenvalue weighted by Gasteiger charge is -2.20. The molecule has 1 aliphatic rings. The van der Waals surface area contributed by atoms with Crippen molar-refractivity contribution in [2.75, 3.05) is 19.6 Å². The molecule has 3 heterocycles. The molecule has 2 N–H and O–H groups in total. The van der Waals surface area contributed by atoms with Crippen LogP contribution in [0.3, 0.4) is 0 Å². The van der Waals surface area contributed by atoms with E-state index >= 15 is 0 Å². The lowest BCUT2D eigenvalue weighted by atomic mass is 10.2. The predicted octanol–water partition coefficient (Wildman–Crippen LogP) is 1.58. The second-order valence-electron chi connectivity index (χ2n) is 7.26. The van der Waals surface area contributed by atoms with Crippen molar-refractivity contribution in [1.29, 1.82) is 0 Å². The molecule has 1 unspecified atom stereocenters. The Hall–Kier alpha value is -2.90. The van der Waals surface area contributed by atoms with E-state index in [1.165, 1.54) is 0 Å². The molecule has 1 saturated heterocycles. The fourth-order valence-electron chi connectivity index (χ4n) is 3.18. The zero-order chi connectivity index (χ0) is 19.9. The van der Waals surface area contributed by atoms with Crippen LogP contribution in [0.4, 0.5) is 0 Å². The monoisotopic (exact) mass is 383 g/mol. The number of pyridine rings is 1. The van der Waals surface area contributed by atoms with Crippen molar-refractivity contribution < 1.29 is 4.79 Å². The second-order valence-corrected chi connectivity index (χ2v) is 7.26. The van der Waals surface area contributed by atoms with Crippen molar-refractivity contribution in [3.63, 3.8) is 0 Å². The third-order valence-electron chi connectivity index (χ3n) is 4.68. The zero-order valence-corrected chi connectivity index (χ0v) is 16.8. The first-order valence-corrected chi connectivity index (χ1v) is 9.83. The first-order chi connectivity index (χ1) is 13.6. The van der Waals surface area contributed by atoms with Gasteiger partial charge in [-0.2, -0.15) is 0 Å². The van der Waals surface area contributed by atoms with Gasteiger partial charge in [0.15, 0.2) is 5.96 Å². The van der Waals surface area contributed by atoms with E-state index in [-0.39, 0.29) is 17.9 Å². The zero-order valence-electron chi connectivity index (χ0n) is 16.8. The van der Waals surface area contributed by atoms with Gasteiger partial charge in [0.2, 0.25) is 5.91 Å². The van der Waals surface area contributed by atoms with E-state index < -0.39 is 0 Å². The molecule has 0 radical (unpaired) electrons. The van der Waals surface area contributed by atoms with Gasteiger partial charge in [-0.05, 0) is 25.0 Å². The molecule has 0 aromatic carbocycles. The molecule has 1 amide bonds. The van der Waals surface area contributed by atoms with Crippen LogP contribution in [-0.4, -0.2) is 57.0 Å². The topological polar surface area (TPSA) is 87.4 Å². The van der Waals surface area contributed by atoms with E-state index in [9.17, 15) is 4.79 Å². The van der Waals surface area contributed by atoms with Crippen molar-refractivity contribution in [1.82, 2.24) is 30.1 Å². The summed E-state index contributed by atoms with van der Waals surface area (Å²) in [4.78, 5) is 27.3. The Morgan fingerprint density at radius 1 is 1.39 bits per heavy atom. The molecule has 0 aliphatic carbocycles. The SMILES string of the molecule is CCNC(=NCc1ccc(-n2ccnc2)nc1)NC1CCN(C(=O)C(C)C)C1. The Morgan fingerprint density at radius 2 is 2.25 bits per heavy atom. The summed E-state index contributed by atoms with van der Waals surface area (Å²) in [5, 5.41) is 6.74. The van der Waals surface area contributed by atoms with Crippen LogP contribution in [0, 0.1) is 5.92 Å². The number of carbonyl (C=O) groups excluding carboxylic acids is 1. The molecule has 0 bridgehead atoms. The van der Waals surface area contributed by atoms with E-state index in [0.29, 0.717) is 6.54 Å². The molecule has 1 fully saturated rings. The molecule has 0 saturated carbocycles. The van der Waals surface area contributed by atoms with Gasteiger partial charge in [0.25, 0.3) is 0 Å². The second kappa shape index (κ2) is 9.34. The third kappa shape index (κ3) is 5.09. The van der Waals surface area contributed by atoms with Crippen LogP contribution in [-0.2, 0) is 11.3 Å². The Morgan fingerprint density at radius 3 is 2.89 bits per heavy atom. The largest absolute Gasteiger partial charge is 0.357 e. The quantitative estimate of drug-likeness (QED) is 0.584. The minimum atomic E-state index is 0.0402. The first kappa shape index (κ1) is 19.9. The van der Waals surface area contributed by atoms with E-state index in [1.54, 1.807) is 12.5 Å². The van der Waals surface area contributed by atoms with E-state index in [4.69, 9.17) is 0 Å². The highest BCUT2D eigenvalue weighted by molar-refractivity contribution is 5.81. The van der Waals surface area contributed by atoms with Crippen LogP contribution in [0.5, 0.6) is 0 Å². The summed E-state index contributed by atoms with van der Waals surface area (Å²) in [6, 6.07) is 4.20. The number of hydrogen-bond donors (Lipinski definition) is 2. The maximum atomic E-state index is 12.2. The van der Waals surface area contributed by atoms with Crippen LogP contribution in [0.25, 0.3) is 5.82 Å². The van der Waals surface area contributed by atoms with Crippen molar-refractivity contribution in [3.8, 4) is 5.82 Å². The van der Waals surface area contributed by atoms with E-state index in [2.05, 4.69) is 25.6 Å². The van der Waals surface area contributed by atoms with Crippen LogP contribution in [0.1, 0.15) is 32.8 Å². The lowest BCUT2D eigenvalue weighted by molar-refractivity contribution is -0.133. The number of nitrogens with zero attached hydrogens (tertiary/aromatic N) is 5. The standard InChI is InChI=1S/C20H29N7O/c1-4-22-20(25-17-7-9-26(13-17)19(28)15(2)3)24-12-16-5-6-18(23-11-16)27-10-8-21-14-27/h5-6,8,10-11,14-15,17H,4,7,9,12-13H2,1-3H3,(H2,22,24,25). The molecule has 2 aromatic heterocycles.